The van der Waals surface area contributed by atoms with E-state index < -0.39 is 12.1 Å². The van der Waals surface area contributed by atoms with E-state index in [1.807, 2.05) is 13.0 Å². The summed E-state index contributed by atoms with van der Waals surface area (Å²) in [4.78, 5) is 9.00. The van der Waals surface area contributed by atoms with E-state index in [0.29, 0.717) is 28.7 Å². The molecule has 0 unspecified atom stereocenters. The Balaban J connectivity index is 0.000000828. The Hall–Kier alpha value is -1.99. The van der Waals surface area contributed by atoms with Gasteiger partial charge in [0.1, 0.15) is 5.75 Å². The van der Waals surface area contributed by atoms with Crippen LogP contribution >= 0.6 is 23.2 Å². The molecule has 8 heteroatoms. The van der Waals surface area contributed by atoms with E-state index in [2.05, 4.69) is 5.32 Å². The molecule has 0 bridgehead atoms. The fourth-order valence-electron chi connectivity index (χ4n) is 2.30. The maximum Gasteiger partial charge on any atom is 0.300 e. The van der Waals surface area contributed by atoms with Crippen molar-refractivity contribution in [1.29, 1.82) is 0 Å². The first kappa shape index (κ1) is 23.0. The third-order valence-corrected chi connectivity index (χ3v) is 4.70. The molecule has 27 heavy (non-hydrogen) atoms. The minimum atomic E-state index is -0.833. The molecule has 0 spiro atoms. The average molecular weight is 415 g/mol. The van der Waals surface area contributed by atoms with Crippen LogP contribution < -0.4 is 11.1 Å². The quantitative estimate of drug-likeness (QED) is 0.460. The van der Waals surface area contributed by atoms with Gasteiger partial charge in [0.25, 0.3) is 5.97 Å². The zero-order valence-corrected chi connectivity index (χ0v) is 16.6. The van der Waals surface area contributed by atoms with Gasteiger partial charge in [-0.1, -0.05) is 41.4 Å². The highest BCUT2D eigenvalue weighted by atomic mass is 35.5. The van der Waals surface area contributed by atoms with Gasteiger partial charge in [0.05, 0.1) is 21.8 Å². The zero-order valence-electron chi connectivity index (χ0n) is 15.1. The van der Waals surface area contributed by atoms with Gasteiger partial charge in [-0.3, -0.25) is 4.79 Å². The smallest absolute Gasteiger partial charge is 0.300 e. The summed E-state index contributed by atoms with van der Waals surface area (Å²) in [6.07, 6.45) is 0.00643. The molecule has 2 aromatic carbocycles. The molecular formula is C19H24Cl2N2O4. The van der Waals surface area contributed by atoms with Crippen LogP contribution in [0.15, 0.2) is 36.4 Å². The number of hydrogen-bond acceptors (Lipinski definition) is 5. The number of aliphatic hydroxyl groups is 1. The molecule has 0 saturated carbocycles. The molecule has 2 atom stereocenters. The lowest BCUT2D eigenvalue weighted by Crippen LogP contribution is -2.33. The Morgan fingerprint density at radius 3 is 2.26 bits per heavy atom. The van der Waals surface area contributed by atoms with E-state index in [1.54, 1.807) is 30.3 Å². The van der Waals surface area contributed by atoms with Crippen LogP contribution in [-0.4, -0.2) is 33.9 Å². The average Bonchev–Trinajstić information content (AvgIpc) is 2.61. The molecular weight excluding hydrogens is 391 g/mol. The highest BCUT2D eigenvalue weighted by Gasteiger charge is 2.16. The number of aromatic hydroxyl groups is 1. The summed E-state index contributed by atoms with van der Waals surface area (Å²) in [5.74, 6) is -0.656. The summed E-state index contributed by atoms with van der Waals surface area (Å²) in [5.41, 5.74) is 7.81. The van der Waals surface area contributed by atoms with Gasteiger partial charge in [0, 0.05) is 13.0 Å². The molecule has 0 radical (unpaired) electrons. The SMILES string of the molecule is CC(=O)O.C[C@H](NCCc1ccc(N)c(Cl)c1Cl)[C@H](O)c1ccc(O)cc1. The number of anilines is 1. The number of nitrogens with one attached hydrogen (secondary N) is 1. The molecule has 2 rings (SSSR count). The predicted molar refractivity (Wildman–Crippen MR) is 108 cm³/mol. The molecule has 6 N–H and O–H groups in total. The number of halogens is 2. The largest absolute Gasteiger partial charge is 0.508 e. The Morgan fingerprint density at radius 1 is 1.15 bits per heavy atom. The summed E-state index contributed by atoms with van der Waals surface area (Å²) in [7, 11) is 0. The summed E-state index contributed by atoms with van der Waals surface area (Å²) >= 11 is 12.2. The Kier molecular flexibility index (Phi) is 9.38. The minimum Gasteiger partial charge on any atom is -0.508 e. The predicted octanol–water partition coefficient (Wildman–Crippen LogP) is 3.63. The molecule has 2 aromatic rings. The number of phenols is 1. The molecule has 0 saturated heterocycles. The van der Waals surface area contributed by atoms with E-state index in [-0.39, 0.29) is 11.8 Å². The topological polar surface area (TPSA) is 116 Å². The molecule has 0 heterocycles. The summed E-state index contributed by atoms with van der Waals surface area (Å²) in [6.45, 7) is 3.62. The summed E-state index contributed by atoms with van der Waals surface area (Å²) in [6, 6.07) is 9.96. The first-order valence-electron chi connectivity index (χ1n) is 8.25. The fraction of sp³-hybridized carbons (Fsp3) is 0.316. The Morgan fingerprint density at radius 2 is 1.70 bits per heavy atom. The van der Waals surface area contributed by atoms with Crippen molar-refractivity contribution in [2.75, 3.05) is 12.3 Å². The monoisotopic (exact) mass is 414 g/mol. The van der Waals surface area contributed by atoms with Crippen molar-refractivity contribution in [3.8, 4) is 5.75 Å². The van der Waals surface area contributed by atoms with Gasteiger partial charge in [-0.2, -0.15) is 0 Å². The van der Waals surface area contributed by atoms with E-state index >= 15 is 0 Å². The van der Waals surface area contributed by atoms with Crippen molar-refractivity contribution in [3.63, 3.8) is 0 Å². The van der Waals surface area contributed by atoms with Gasteiger partial charge >= 0.3 is 0 Å². The van der Waals surface area contributed by atoms with Gasteiger partial charge < -0.3 is 26.4 Å². The number of aliphatic hydroxyl groups excluding tert-OH is 1. The molecule has 6 nitrogen and oxygen atoms in total. The number of nitrogen functional groups attached to an aromatic ring is 1. The van der Waals surface area contributed by atoms with Gasteiger partial charge in [-0.15, -0.1) is 0 Å². The van der Waals surface area contributed by atoms with Crippen molar-refractivity contribution >= 4 is 34.9 Å². The Labute approximate surface area is 168 Å². The van der Waals surface area contributed by atoms with Gasteiger partial charge in [-0.05, 0) is 49.2 Å². The lowest BCUT2D eigenvalue weighted by Gasteiger charge is -2.21. The molecule has 0 aliphatic heterocycles. The maximum absolute atomic E-state index is 10.3. The first-order chi connectivity index (χ1) is 12.6. The van der Waals surface area contributed by atoms with Crippen LogP contribution in [0.4, 0.5) is 5.69 Å². The van der Waals surface area contributed by atoms with Crippen molar-refractivity contribution in [3.05, 3.63) is 57.6 Å². The summed E-state index contributed by atoms with van der Waals surface area (Å²) in [5, 5.41) is 31.1. The van der Waals surface area contributed by atoms with Crippen LogP contribution in [0.3, 0.4) is 0 Å². The van der Waals surface area contributed by atoms with Crippen LogP contribution in [0.5, 0.6) is 5.75 Å². The second-order valence-corrected chi connectivity index (χ2v) is 6.75. The third kappa shape index (κ3) is 7.64. The van der Waals surface area contributed by atoms with E-state index in [0.717, 1.165) is 18.1 Å². The lowest BCUT2D eigenvalue weighted by atomic mass is 10.0. The van der Waals surface area contributed by atoms with Crippen LogP contribution in [0.2, 0.25) is 10.0 Å². The lowest BCUT2D eigenvalue weighted by molar-refractivity contribution is -0.134. The molecule has 0 fully saturated rings. The highest BCUT2D eigenvalue weighted by Crippen LogP contribution is 2.31. The van der Waals surface area contributed by atoms with Gasteiger partial charge in [0.2, 0.25) is 0 Å². The number of carbonyl (C=O) groups is 1. The minimum absolute atomic E-state index is 0.150. The van der Waals surface area contributed by atoms with Crippen molar-refractivity contribution in [2.45, 2.75) is 32.4 Å². The van der Waals surface area contributed by atoms with Gasteiger partial charge in [-0.25, -0.2) is 0 Å². The van der Waals surface area contributed by atoms with E-state index in [9.17, 15) is 10.2 Å². The van der Waals surface area contributed by atoms with Crippen LogP contribution in [0.1, 0.15) is 31.1 Å². The van der Waals surface area contributed by atoms with E-state index in [1.165, 1.54) is 0 Å². The van der Waals surface area contributed by atoms with Crippen molar-refractivity contribution < 1.29 is 20.1 Å². The number of nitrogens with two attached hydrogens (primary N) is 1. The molecule has 0 amide bonds. The van der Waals surface area contributed by atoms with Gasteiger partial charge in [0.15, 0.2) is 0 Å². The summed E-state index contributed by atoms with van der Waals surface area (Å²) < 4.78 is 0. The Bertz CT molecular complexity index is 750. The number of hydrogen-bond donors (Lipinski definition) is 5. The second-order valence-electron chi connectivity index (χ2n) is 5.99. The number of carboxylic acids is 1. The number of phenolic OH excluding ortho intramolecular Hbond substituents is 1. The zero-order chi connectivity index (χ0) is 20.6. The molecule has 148 valence electrons. The number of aliphatic carboxylic acids is 1. The van der Waals surface area contributed by atoms with Crippen molar-refractivity contribution in [1.82, 2.24) is 5.32 Å². The number of benzene rings is 2. The standard InChI is InChI=1S/C17H20Cl2N2O2.C2H4O2/c1-10(17(23)12-2-5-13(22)6-3-12)21-9-8-11-4-7-14(20)16(19)15(11)18;1-2(3)4/h2-7,10,17,21-23H,8-9,20H2,1H3;1H3,(H,3,4)/t10-,17-;/m0./s1. The molecule has 0 aliphatic rings. The molecule has 0 aromatic heterocycles. The highest BCUT2D eigenvalue weighted by molar-refractivity contribution is 6.44. The number of rotatable bonds is 6. The normalized spacial score (nSPS) is 12.6. The van der Waals surface area contributed by atoms with Crippen LogP contribution in [0, 0.1) is 0 Å². The first-order valence-corrected chi connectivity index (χ1v) is 9.01. The molecule has 0 aliphatic carbocycles. The number of carboxylic acid groups (broad SMARTS) is 1. The van der Waals surface area contributed by atoms with Crippen molar-refractivity contribution in [2.24, 2.45) is 0 Å². The maximum atomic E-state index is 10.3. The second kappa shape index (κ2) is 11.0. The fourth-order valence-corrected chi connectivity index (χ4v) is 2.75. The third-order valence-electron chi connectivity index (χ3n) is 3.76. The van der Waals surface area contributed by atoms with E-state index in [4.69, 9.17) is 38.8 Å². The van der Waals surface area contributed by atoms with Crippen LogP contribution in [0.25, 0.3) is 0 Å². The van der Waals surface area contributed by atoms with Crippen LogP contribution in [-0.2, 0) is 11.2 Å².